The molecular formula is C31H34Cl2FN3O4S. The number of halogens is 3. The second-order valence-electron chi connectivity index (χ2n) is 10.5. The third-order valence-corrected chi connectivity index (χ3v) is 9.60. The van der Waals surface area contributed by atoms with Gasteiger partial charge in [0.15, 0.2) is 0 Å². The van der Waals surface area contributed by atoms with Crippen molar-refractivity contribution in [2.45, 2.75) is 69.5 Å². The third-order valence-electron chi connectivity index (χ3n) is 7.38. The number of nitrogens with one attached hydrogen (secondary N) is 1. The third kappa shape index (κ3) is 7.82. The molecule has 3 aromatic rings. The van der Waals surface area contributed by atoms with Gasteiger partial charge in [0.2, 0.25) is 11.8 Å². The number of anilines is 1. The molecule has 0 radical (unpaired) electrons. The van der Waals surface area contributed by atoms with Crippen LogP contribution in [0, 0.1) is 12.7 Å². The maximum absolute atomic E-state index is 14.1. The minimum Gasteiger partial charge on any atom is -0.352 e. The van der Waals surface area contributed by atoms with E-state index in [1.807, 2.05) is 6.92 Å². The van der Waals surface area contributed by atoms with Gasteiger partial charge in [0.05, 0.1) is 10.6 Å². The SMILES string of the molecule is CC[C@H](C(=O)NC1CCCC1)N(Cc1ccc(F)cc1)C(=O)CN(c1cc(Cl)cc(Cl)c1)S(=O)(=O)c1ccc(C)cc1. The maximum Gasteiger partial charge on any atom is 0.264 e. The fourth-order valence-corrected chi connectivity index (χ4v) is 7.04. The molecule has 1 fully saturated rings. The molecule has 0 aromatic heterocycles. The van der Waals surface area contributed by atoms with Crippen molar-refractivity contribution in [3.8, 4) is 0 Å². The molecule has 1 aliphatic rings. The van der Waals surface area contributed by atoms with Crippen molar-refractivity contribution in [3.05, 3.63) is 93.7 Å². The number of aryl methyl sites for hydroxylation is 1. The first-order valence-corrected chi connectivity index (χ1v) is 16.1. The zero-order valence-corrected chi connectivity index (χ0v) is 25.9. The van der Waals surface area contributed by atoms with Crippen molar-refractivity contribution >= 4 is 50.7 Å². The first-order valence-electron chi connectivity index (χ1n) is 13.9. The van der Waals surface area contributed by atoms with Crippen LogP contribution in [0.15, 0.2) is 71.6 Å². The monoisotopic (exact) mass is 633 g/mol. The molecule has 2 amide bonds. The fourth-order valence-electron chi connectivity index (χ4n) is 5.12. The van der Waals surface area contributed by atoms with Crippen LogP contribution in [-0.4, -0.2) is 43.8 Å². The van der Waals surface area contributed by atoms with Crippen LogP contribution in [0.4, 0.5) is 10.1 Å². The Bertz CT molecular complexity index is 1490. The van der Waals surface area contributed by atoms with Crippen LogP contribution >= 0.6 is 23.2 Å². The molecule has 0 saturated heterocycles. The molecular weight excluding hydrogens is 600 g/mol. The number of amides is 2. The minimum absolute atomic E-state index is 0.0203. The quantitative estimate of drug-likeness (QED) is 0.261. The summed E-state index contributed by atoms with van der Waals surface area (Å²) in [6.07, 6.45) is 4.07. The molecule has 0 heterocycles. The summed E-state index contributed by atoms with van der Waals surface area (Å²) in [5.74, 6) is -1.35. The summed E-state index contributed by atoms with van der Waals surface area (Å²) in [6.45, 7) is 2.98. The number of sulfonamides is 1. The van der Waals surface area contributed by atoms with Gasteiger partial charge in [-0.05, 0) is 74.2 Å². The smallest absolute Gasteiger partial charge is 0.264 e. The van der Waals surface area contributed by atoms with Crippen molar-refractivity contribution in [1.29, 1.82) is 0 Å². The van der Waals surface area contributed by atoms with Crippen LogP contribution in [0.2, 0.25) is 10.0 Å². The van der Waals surface area contributed by atoms with E-state index >= 15 is 0 Å². The average Bonchev–Trinajstić information content (AvgIpc) is 3.45. The Kier molecular flexibility index (Phi) is 10.5. The second-order valence-corrected chi connectivity index (χ2v) is 13.2. The van der Waals surface area contributed by atoms with E-state index < -0.39 is 34.3 Å². The van der Waals surface area contributed by atoms with Gasteiger partial charge in [-0.3, -0.25) is 13.9 Å². The number of nitrogens with zero attached hydrogens (tertiary/aromatic N) is 2. The predicted molar refractivity (Wildman–Crippen MR) is 164 cm³/mol. The van der Waals surface area contributed by atoms with Gasteiger partial charge in [-0.2, -0.15) is 0 Å². The molecule has 224 valence electrons. The highest BCUT2D eigenvalue weighted by Gasteiger charge is 2.34. The Labute approximate surface area is 256 Å². The summed E-state index contributed by atoms with van der Waals surface area (Å²) >= 11 is 12.5. The lowest BCUT2D eigenvalue weighted by Crippen LogP contribution is -2.53. The lowest BCUT2D eigenvalue weighted by Gasteiger charge is -2.34. The maximum atomic E-state index is 14.1. The Morgan fingerprint density at radius 1 is 0.976 bits per heavy atom. The summed E-state index contributed by atoms with van der Waals surface area (Å²) in [5.41, 5.74) is 1.56. The van der Waals surface area contributed by atoms with E-state index in [1.54, 1.807) is 19.1 Å². The molecule has 1 saturated carbocycles. The van der Waals surface area contributed by atoms with Gasteiger partial charge in [-0.25, -0.2) is 12.8 Å². The van der Waals surface area contributed by atoms with Crippen molar-refractivity contribution in [2.24, 2.45) is 0 Å². The number of benzene rings is 3. The van der Waals surface area contributed by atoms with Crippen LogP contribution in [0.25, 0.3) is 0 Å². The first-order chi connectivity index (χ1) is 20.0. The average molecular weight is 635 g/mol. The van der Waals surface area contributed by atoms with E-state index in [-0.39, 0.29) is 39.1 Å². The molecule has 0 spiro atoms. The van der Waals surface area contributed by atoms with Gasteiger partial charge >= 0.3 is 0 Å². The van der Waals surface area contributed by atoms with E-state index in [2.05, 4.69) is 5.32 Å². The zero-order valence-electron chi connectivity index (χ0n) is 23.5. The molecule has 0 bridgehead atoms. The topological polar surface area (TPSA) is 86.8 Å². The van der Waals surface area contributed by atoms with Gasteiger partial charge in [-0.1, -0.05) is 72.8 Å². The molecule has 3 aromatic carbocycles. The molecule has 1 aliphatic carbocycles. The van der Waals surface area contributed by atoms with Crippen molar-refractivity contribution in [3.63, 3.8) is 0 Å². The molecule has 4 rings (SSSR count). The van der Waals surface area contributed by atoms with E-state index in [0.717, 1.165) is 35.6 Å². The van der Waals surface area contributed by atoms with E-state index in [9.17, 15) is 22.4 Å². The summed E-state index contributed by atoms with van der Waals surface area (Å²) in [6, 6.07) is 15.3. The largest absolute Gasteiger partial charge is 0.352 e. The van der Waals surface area contributed by atoms with Crippen molar-refractivity contribution in [1.82, 2.24) is 10.2 Å². The van der Waals surface area contributed by atoms with Crippen LogP contribution in [0.1, 0.15) is 50.2 Å². The molecule has 11 heteroatoms. The predicted octanol–water partition coefficient (Wildman–Crippen LogP) is 6.50. The van der Waals surface area contributed by atoms with Gasteiger partial charge < -0.3 is 10.2 Å². The standard InChI is InChI=1S/C31H34Cl2FN3O4S/c1-3-29(31(39)35-26-6-4-5-7-26)36(19-22-10-12-25(34)13-11-22)30(38)20-37(27-17-23(32)16-24(33)18-27)42(40,41)28-14-8-21(2)9-15-28/h8-18,26,29H,3-7,19-20H2,1-2H3,(H,35,39)/t29-/m1/s1. The van der Waals surface area contributed by atoms with Gasteiger partial charge in [0.1, 0.15) is 18.4 Å². The van der Waals surface area contributed by atoms with Crippen LogP contribution in [0.5, 0.6) is 0 Å². The molecule has 42 heavy (non-hydrogen) atoms. The molecule has 0 aliphatic heterocycles. The highest BCUT2D eigenvalue weighted by Crippen LogP contribution is 2.30. The zero-order chi connectivity index (χ0) is 30.4. The van der Waals surface area contributed by atoms with Crippen LogP contribution in [-0.2, 0) is 26.2 Å². The van der Waals surface area contributed by atoms with Gasteiger partial charge in [-0.15, -0.1) is 0 Å². The Morgan fingerprint density at radius 3 is 2.14 bits per heavy atom. The summed E-state index contributed by atoms with van der Waals surface area (Å²) in [7, 11) is -4.26. The Hall–Kier alpha value is -3.14. The lowest BCUT2D eigenvalue weighted by molar-refractivity contribution is -0.140. The molecule has 1 atom stereocenters. The number of carbonyl (C=O) groups excluding carboxylic acids is 2. The number of hydrogen-bond acceptors (Lipinski definition) is 4. The second kappa shape index (κ2) is 13.9. The van der Waals surface area contributed by atoms with Crippen molar-refractivity contribution < 1.29 is 22.4 Å². The summed E-state index contributed by atoms with van der Waals surface area (Å²) < 4.78 is 42.6. The van der Waals surface area contributed by atoms with E-state index in [1.165, 1.54) is 59.5 Å². The normalized spacial score (nSPS) is 14.4. The lowest BCUT2D eigenvalue weighted by atomic mass is 10.1. The van der Waals surface area contributed by atoms with Gasteiger partial charge in [0.25, 0.3) is 10.0 Å². The summed E-state index contributed by atoms with van der Waals surface area (Å²) in [4.78, 5) is 29.0. The number of hydrogen-bond donors (Lipinski definition) is 1. The van der Waals surface area contributed by atoms with Crippen LogP contribution < -0.4 is 9.62 Å². The Balaban J connectivity index is 1.73. The van der Waals surface area contributed by atoms with E-state index in [0.29, 0.717) is 12.0 Å². The molecule has 0 unspecified atom stereocenters. The molecule has 1 N–H and O–H groups in total. The highest BCUT2D eigenvalue weighted by molar-refractivity contribution is 7.92. The Morgan fingerprint density at radius 2 is 1.57 bits per heavy atom. The van der Waals surface area contributed by atoms with Gasteiger partial charge in [0, 0.05) is 22.6 Å². The molecule has 7 nitrogen and oxygen atoms in total. The van der Waals surface area contributed by atoms with Crippen molar-refractivity contribution in [2.75, 3.05) is 10.8 Å². The highest BCUT2D eigenvalue weighted by atomic mass is 35.5. The first kappa shape index (κ1) is 31.8. The minimum atomic E-state index is -4.26. The number of carbonyl (C=O) groups is 2. The number of rotatable bonds is 11. The fraction of sp³-hybridized carbons (Fsp3) is 0.355. The van der Waals surface area contributed by atoms with E-state index in [4.69, 9.17) is 23.2 Å². The summed E-state index contributed by atoms with van der Waals surface area (Å²) in [5, 5.41) is 3.45. The van der Waals surface area contributed by atoms with Crippen LogP contribution in [0.3, 0.4) is 0 Å².